The van der Waals surface area contributed by atoms with E-state index < -0.39 is 0 Å². The van der Waals surface area contributed by atoms with Gasteiger partial charge in [0.15, 0.2) is 0 Å². The minimum Gasteiger partial charge on any atom is -0.334 e. The fraction of sp³-hybridized carbons (Fsp3) is 0.350. The third kappa shape index (κ3) is 3.14. The van der Waals surface area contributed by atoms with Crippen LogP contribution in [0.25, 0.3) is 11.3 Å². The Kier molecular flexibility index (Phi) is 3.79. The van der Waals surface area contributed by atoms with Crippen molar-refractivity contribution in [1.29, 1.82) is 0 Å². The third-order valence-corrected chi connectivity index (χ3v) is 4.80. The lowest BCUT2D eigenvalue weighted by Gasteiger charge is -2.14. The van der Waals surface area contributed by atoms with Crippen molar-refractivity contribution in [3.05, 3.63) is 47.2 Å². The maximum atomic E-state index is 12.6. The van der Waals surface area contributed by atoms with Crippen molar-refractivity contribution >= 4 is 17.5 Å². The van der Waals surface area contributed by atoms with E-state index in [1.54, 1.807) is 0 Å². The molecule has 0 radical (unpaired) electrons. The number of pyridine rings is 1. The van der Waals surface area contributed by atoms with E-state index in [1.807, 2.05) is 42.2 Å². The molecule has 2 aliphatic rings. The van der Waals surface area contributed by atoms with Gasteiger partial charge in [0.05, 0.1) is 17.0 Å². The molecule has 25 heavy (non-hydrogen) atoms. The van der Waals surface area contributed by atoms with Crippen LogP contribution < -0.4 is 5.32 Å². The Balaban J connectivity index is 1.66. The zero-order valence-electron chi connectivity index (χ0n) is 14.5. The molecule has 5 nitrogen and oxygen atoms in total. The lowest BCUT2D eigenvalue weighted by atomic mass is 10.0. The molecular formula is C20H21N3O2. The predicted octanol–water partition coefficient (Wildman–Crippen LogP) is 3.38. The first-order valence-electron chi connectivity index (χ1n) is 8.69. The molecular weight excluding hydrogens is 314 g/mol. The Bertz CT molecular complexity index is 871. The van der Waals surface area contributed by atoms with Crippen LogP contribution in [0, 0.1) is 12.8 Å². The molecule has 1 aliphatic carbocycles. The van der Waals surface area contributed by atoms with Gasteiger partial charge < -0.3 is 10.2 Å². The summed E-state index contributed by atoms with van der Waals surface area (Å²) in [5, 5.41) is 2.80. The fourth-order valence-corrected chi connectivity index (χ4v) is 3.46. The maximum absolute atomic E-state index is 12.6. The molecule has 0 saturated heterocycles. The van der Waals surface area contributed by atoms with E-state index in [0.29, 0.717) is 12.5 Å². The number of aromatic nitrogens is 1. The van der Waals surface area contributed by atoms with Crippen LogP contribution in [0.15, 0.2) is 30.3 Å². The number of rotatable bonds is 4. The minimum atomic E-state index is -0.100. The molecule has 2 amide bonds. The number of carbonyl (C=O) groups is 2. The van der Waals surface area contributed by atoms with Gasteiger partial charge in [-0.15, -0.1) is 0 Å². The zero-order chi connectivity index (χ0) is 17.6. The van der Waals surface area contributed by atoms with Crippen LogP contribution in [0.4, 0.5) is 5.69 Å². The van der Waals surface area contributed by atoms with Gasteiger partial charge in [0.1, 0.15) is 0 Å². The third-order valence-electron chi connectivity index (χ3n) is 4.80. The summed E-state index contributed by atoms with van der Waals surface area (Å²) in [6.07, 6.45) is 2.47. The number of aryl methyl sites for hydroxylation is 1. The molecule has 0 bridgehead atoms. The van der Waals surface area contributed by atoms with Crippen molar-refractivity contribution in [3.63, 3.8) is 0 Å². The summed E-state index contributed by atoms with van der Waals surface area (Å²) in [5.74, 6) is 0.697. The van der Waals surface area contributed by atoms with Crippen LogP contribution in [-0.4, -0.2) is 28.2 Å². The first kappa shape index (κ1) is 15.8. The Morgan fingerprint density at radius 2 is 2.12 bits per heavy atom. The van der Waals surface area contributed by atoms with Gasteiger partial charge in [0, 0.05) is 31.3 Å². The number of benzene rings is 1. The van der Waals surface area contributed by atoms with Gasteiger partial charge in [0.25, 0.3) is 5.91 Å². The van der Waals surface area contributed by atoms with Crippen molar-refractivity contribution in [2.24, 2.45) is 5.92 Å². The van der Waals surface area contributed by atoms with Crippen LogP contribution in [-0.2, 0) is 11.3 Å². The van der Waals surface area contributed by atoms with Gasteiger partial charge in [-0.05, 0) is 49.4 Å². The van der Waals surface area contributed by atoms with Crippen LogP contribution in [0.2, 0.25) is 0 Å². The predicted molar refractivity (Wildman–Crippen MR) is 96.2 cm³/mol. The number of carbonyl (C=O) groups excluding carboxylic acids is 2. The van der Waals surface area contributed by atoms with Crippen LogP contribution in [0.1, 0.15) is 41.4 Å². The summed E-state index contributed by atoms with van der Waals surface area (Å²) in [6, 6.07) is 9.65. The lowest BCUT2D eigenvalue weighted by molar-refractivity contribution is -0.114. The zero-order valence-corrected chi connectivity index (χ0v) is 14.5. The van der Waals surface area contributed by atoms with E-state index >= 15 is 0 Å². The van der Waals surface area contributed by atoms with E-state index in [4.69, 9.17) is 0 Å². The topological polar surface area (TPSA) is 62.3 Å². The molecule has 4 rings (SSSR count). The number of anilines is 1. The van der Waals surface area contributed by atoms with Crippen LogP contribution in [0.5, 0.6) is 0 Å². The SMILES string of the molecule is CC(=O)Nc1cccc(-c2cc3c(c(C)n2)C(=O)N(CC2CC2)C3)c1. The van der Waals surface area contributed by atoms with Gasteiger partial charge in [-0.3, -0.25) is 14.6 Å². The molecule has 5 heteroatoms. The molecule has 1 fully saturated rings. The maximum Gasteiger partial charge on any atom is 0.256 e. The largest absolute Gasteiger partial charge is 0.334 e. The van der Waals surface area contributed by atoms with Gasteiger partial charge in [-0.1, -0.05) is 12.1 Å². The molecule has 1 aromatic heterocycles. The molecule has 1 saturated carbocycles. The highest BCUT2D eigenvalue weighted by atomic mass is 16.2. The molecule has 0 atom stereocenters. The van der Waals surface area contributed by atoms with Crippen molar-refractivity contribution in [2.75, 3.05) is 11.9 Å². The molecule has 0 spiro atoms. The highest BCUT2D eigenvalue weighted by Crippen LogP contribution is 2.35. The second-order valence-corrected chi connectivity index (χ2v) is 7.02. The first-order valence-corrected chi connectivity index (χ1v) is 8.69. The van der Waals surface area contributed by atoms with E-state index in [1.165, 1.54) is 19.8 Å². The lowest BCUT2D eigenvalue weighted by Crippen LogP contribution is -2.26. The molecule has 0 unspecified atom stereocenters. The normalized spacial score (nSPS) is 16.1. The Morgan fingerprint density at radius 3 is 2.84 bits per heavy atom. The van der Waals surface area contributed by atoms with Gasteiger partial charge >= 0.3 is 0 Å². The van der Waals surface area contributed by atoms with Crippen molar-refractivity contribution < 1.29 is 9.59 Å². The summed E-state index contributed by atoms with van der Waals surface area (Å²) in [5.41, 5.74) is 5.12. The highest BCUT2D eigenvalue weighted by Gasteiger charge is 2.34. The Labute approximate surface area is 147 Å². The Hall–Kier alpha value is -2.69. The van der Waals surface area contributed by atoms with Crippen molar-refractivity contribution in [2.45, 2.75) is 33.2 Å². The average Bonchev–Trinajstić information content (AvgIpc) is 3.31. The monoisotopic (exact) mass is 335 g/mol. The summed E-state index contributed by atoms with van der Waals surface area (Å²) in [4.78, 5) is 30.5. The van der Waals surface area contributed by atoms with Gasteiger partial charge in [-0.25, -0.2) is 0 Å². The van der Waals surface area contributed by atoms with Crippen LogP contribution >= 0.6 is 0 Å². The summed E-state index contributed by atoms with van der Waals surface area (Å²) >= 11 is 0. The quantitative estimate of drug-likeness (QED) is 0.932. The number of amides is 2. The number of nitrogens with one attached hydrogen (secondary N) is 1. The molecule has 2 aromatic rings. The number of fused-ring (bicyclic) bond motifs is 1. The smallest absolute Gasteiger partial charge is 0.256 e. The molecule has 1 aliphatic heterocycles. The average molecular weight is 335 g/mol. The van der Waals surface area contributed by atoms with E-state index in [0.717, 1.165) is 40.3 Å². The molecule has 128 valence electrons. The van der Waals surface area contributed by atoms with E-state index in [9.17, 15) is 9.59 Å². The van der Waals surface area contributed by atoms with Crippen molar-refractivity contribution in [1.82, 2.24) is 9.88 Å². The van der Waals surface area contributed by atoms with Crippen LogP contribution in [0.3, 0.4) is 0 Å². The highest BCUT2D eigenvalue weighted by molar-refractivity contribution is 5.99. The first-order chi connectivity index (χ1) is 12.0. The van der Waals surface area contributed by atoms with Crippen molar-refractivity contribution in [3.8, 4) is 11.3 Å². The Morgan fingerprint density at radius 1 is 1.32 bits per heavy atom. The molecule has 2 heterocycles. The van der Waals surface area contributed by atoms with Gasteiger partial charge in [-0.2, -0.15) is 0 Å². The second-order valence-electron chi connectivity index (χ2n) is 7.02. The molecule has 1 N–H and O–H groups in total. The standard InChI is InChI=1S/C20H21N3O2/c1-12-19-16(11-23(20(19)25)10-14-6-7-14)9-18(21-12)15-4-3-5-17(8-15)22-13(2)24/h3-5,8-9,14H,6-7,10-11H2,1-2H3,(H,22,24). The number of nitrogens with zero attached hydrogens (tertiary/aromatic N) is 2. The summed E-state index contributed by atoms with van der Waals surface area (Å²) < 4.78 is 0. The fourth-order valence-electron chi connectivity index (χ4n) is 3.46. The van der Waals surface area contributed by atoms with E-state index in [2.05, 4.69) is 10.3 Å². The number of hydrogen-bond acceptors (Lipinski definition) is 3. The molecule has 1 aromatic carbocycles. The minimum absolute atomic E-state index is 0.100. The summed E-state index contributed by atoms with van der Waals surface area (Å²) in [7, 11) is 0. The van der Waals surface area contributed by atoms with Gasteiger partial charge in [0.2, 0.25) is 5.91 Å². The van der Waals surface area contributed by atoms with E-state index in [-0.39, 0.29) is 11.8 Å². The second kappa shape index (κ2) is 5.99. The number of hydrogen-bond donors (Lipinski definition) is 1. The summed E-state index contributed by atoms with van der Waals surface area (Å²) in [6.45, 7) is 4.93.